The molecule has 0 radical (unpaired) electrons. The van der Waals surface area contributed by atoms with Gasteiger partial charge in [0.2, 0.25) is 11.1 Å². The number of amides is 1. The number of ether oxygens (including phenoxy) is 1. The highest BCUT2D eigenvalue weighted by Crippen LogP contribution is 2.21. The number of nitrogens with zero attached hydrogens (tertiary/aromatic N) is 6. The number of anilines is 1. The molecule has 8 nitrogen and oxygen atoms in total. The summed E-state index contributed by atoms with van der Waals surface area (Å²) in [5.41, 5.74) is 2.02. The normalized spacial score (nSPS) is 14.1. The van der Waals surface area contributed by atoms with Gasteiger partial charge in [-0.05, 0) is 46.8 Å². The van der Waals surface area contributed by atoms with Crippen molar-refractivity contribution in [1.82, 2.24) is 25.1 Å². The van der Waals surface area contributed by atoms with Crippen molar-refractivity contribution in [3.63, 3.8) is 0 Å². The summed E-state index contributed by atoms with van der Waals surface area (Å²) < 4.78 is 6.81. The van der Waals surface area contributed by atoms with Gasteiger partial charge in [0.1, 0.15) is 5.75 Å². The molecule has 0 unspecified atom stereocenters. The van der Waals surface area contributed by atoms with Crippen LogP contribution in [0.1, 0.15) is 0 Å². The number of methoxy groups -OCH3 is 1. The number of thioether (sulfide) groups is 1. The molecular weight excluding hydrogens is 388 g/mol. The fourth-order valence-electron chi connectivity index (χ4n) is 3.22. The molecule has 9 heteroatoms. The fraction of sp³-hybridized carbons (Fsp3) is 0.300. The van der Waals surface area contributed by atoms with Gasteiger partial charge in [-0.1, -0.05) is 30.0 Å². The van der Waals surface area contributed by atoms with Gasteiger partial charge >= 0.3 is 0 Å². The molecule has 1 saturated heterocycles. The van der Waals surface area contributed by atoms with Crippen LogP contribution in [0.2, 0.25) is 0 Å². The monoisotopic (exact) mass is 410 g/mol. The molecule has 2 aromatic carbocycles. The first-order valence-electron chi connectivity index (χ1n) is 9.38. The van der Waals surface area contributed by atoms with Crippen LogP contribution >= 0.6 is 11.8 Å². The van der Waals surface area contributed by atoms with Crippen LogP contribution < -0.4 is 9.64 Å². The summed E-state index contributed by atoms with van der Waals surface area (Å²) in [5.74, 6) is 1.18. The van der Waals surface area contributed by atoms with Gasteiger partial charge < -0.3 is 14.5 Å². The lowest BCUT2D eigenvalue weighted by Crippen LogP contribution is -2.49. The lowest BCUT2D eigenvalue weighted by molar-refractivity contribution is -0.128. The molecule has 4 rings (SSSR count). The summed E-state index contributed by atoms with van der Waals surface area (Å²) in [4.78, 5) is 16.9. The van der Waals surface area contributed by atoms with E-state index >= 15 is 0 Å². The molecule has 1 amide bonds. The van der Waals surface area contributed by atoms with E-state index in [0.717, 1.165) is 37.6 Å². The Balaban J connectivity index is 1.32. The first kappa shape index (κ1) is 19.3. The van der Waals surface area contributed by atoms with Crippen molar-refractivity contribution >= 4 is 23.4 Å². The van der Waals surface area contributed by atoms with E-state index in [9.17, 15) is 4.79 Å². The van der Waals surface area contributed by atoms with Crippen molar-refractivity contribution in [1.29, 1.82) is 0 Å². The van der Waals surface area contributed by atoms with E-state index in [2.05, 4.69) is 32.6 Å². The predicted octanol–water partition coefficient (Wildman–Crippen LogP) is 2.11. The Morgan fingerprint density at radius 2 is 1.72 bits per heavy atom. The van der Waals surface area contributed by atoms with Crippen molar-refractivity contribution in [2.24, 2.45) is 0 Å². The first-order valence-corrected chi connectivity index (χ1v) is 10.4. The molecule has 1 aromatic heterocycles. The summed E-state index contributed by atoms with van der Waals surface area (Å²) in [7, 11) is 1.62. The third-order valence-electron chi connectivity index (χ3n) is 4.84. The van der Waals surface area contributed by atoms with E-state index in [-0.39, 0.29) is 5.91 Å². The first-order chi connectivity index (χ1) is 14.2. The van der Waals surface area contributed by atoms with Gasteiger partial charge in [0.25, 0.3) is 0 Å². The molecular formula is C20H22N6O2S. The smallest absolute Gasteiger partial charge is 0.233 e. The highest BCUT2D eigenvalue weighted by atomic mass is 32.2. The zero-order chi connectivity index (χ0) is 20.1. The van der Waals surface area contributed by atoms with Crippen LogP contribution in [0.25, 0.3) is 5.69 Å². The summed E-state index contributed by atoms with van der Waals surface area (Å²) in [5, 5.41) is 12.4. The van der Waals surface area contributed by atoms with Crippen LogP contribution in [-0.2, 0) is 4.79 Å². The van der Waals surface area contributed by atoms with E-state index in [1.165, 1.54) is 17.4 Å². The van der Waals surface area contributed by atoms with Crippen LogP contribution in [-0.4, -0.2) is 70.1 Å². The maximum Gasteiger partial charge on any atom is 0.233 e. The molecule has 1 aliphatic rings. The maximum atomic E-state index is 12.7. The van der Waals surface area contributed by atoms with E-state index < -0.39 is 0 Å². The topological polar surface area (TPSA) is 76.4 Å². The van der Waals surface area contributed by atoms with Crippen LogP contribution in [0.5, 0.6) is 5.75 Å². The van der Waals surface area contributed by atoms with Crippen molar-refractivity contribution in [3.05, 3.63) is 54.6 Å². The van der Waals surface area contributed by atoms with Gasteiger partial charge in [-0.15, -0.1) is 5.10 Å². The van der Waals surface area contributed by atoms with Gasteiger partial charge in [0, 0.05) is 31.9 Å². The highest BCUT2D eigenvalue weighted by molar-refractivity contribution is 7.99. The van der Waals surface area contributed by atoms with Crippen molar-refractivity contribution in [2.75, 3.05) is 43.9 Å². The third-order valence-corrected chi connectivity index (χ3v) is 5.74. The lowest BCUT2D eigenvalue weighted by Gasteiger charge is -2.36. The van der Waals surface area contributed by atoms with Gasteiger partial charge in [0.05, 0.1) is 18.6 Å². The van der Waals surface area contributed by atoms with E-state index in [1.54, 1.807) is 11.8 Å². The highest BCUT2D eigenvalue weighted by Gasteiger charge is 2.22. The number of tetrazole rings is 1. The Bertz CT molecular complexity index is 939. The maximum absolute atomic E-state index is 12.7. The second-order valence-electron chi connectivity index (χ2n) is 6.56. The van der Waals surface area contributed by atoms with Gasteiger partial charge in [-0.3, -0.25) is 4.79 Å². The van der Waals surface area contributed by atoms with Crippen LogP contribution in [0.15, 0.2) is 59.8 Å². The number of hydrogen-bond donors (Lipinski definition) is 0. The summed E-state index contributed by atoms with van der Waals surface area (Å²) >= 11 is 1.35. The number of para-hydroxylation sites is 1. The van der Waals surface area contributed by atoms with Crippen molar-refractivity contribution in [3.8, 4) is 11.4 Å². The molecule has 1 fully saturated rings. The Morgan fingerprint density at radius 3 is 2.41 bits per heavy atom. The van der Waals surface area contributed by atoms with E-state index in [1.807, 2.05) is 47.4 Å². The van der Waals surface area contributed by atoms with Crippen molar-refractivity contribution < 1.29 is 9.53 Å². The molecule has 0 bridgehead atoms. The predicted molar refractivity (Wildman–Crippen MR) is 112 cm³/mol. The Labute approximate surface area is 173 Å². The second kappa shape index (κ2) is 8.95. The van der Waals surface area contributed by atoms with E-state index in [0.29, 0.717) is 10.9 Å². The van der Waals surface area contributed by atoms with Gasteiger partial charge in [0.15, 0.2) is 0 Å². The number of hydrogen-bond acceptors (Lipinski definition) is 7. The summed E-state index contributed by atoms with van der Waals surface area (Å²) in [6.07, 6.45) is 0. The molecule has 0 spiro atoms. The number of aromatic nitrogens is 4. The van der Waals surface area contributed by atoms with Gasteiger partial charge in [-0.25, -0.2) is 0 Å². The number of carbonyl (C=O) groups is 1. The SMILES string of the molecule is COc1ccc(-n2nnnc2SCC(=O)N2CCN(c3ccccc3)CC2)cc1. The molecule has 0 atom stereocenters. The molecule has 29 heavy (non-hydrogen) atoms. The van der Waals surface area contributed by atoms with Gasteiger partial charge in [-0.2, -0.15) is 4.68 Å². The van der Waals surface area contributed by atoms with E-state index in [4.69, 9.17) is 4.74 Å². The summed E-state index contributed by atoms with van der Waals surface area (Å²) in [6, 6.07) is 17.8. The van der Waals surface area contributed by atoms with Crippen LogP contribution in [0.3, 0.4) is 0 Å². The summed E-state index contributed by atoms with van der Waals surface area (Å²) in [6.45, 7) is 3.11. The minimum absolute atomic E-state index is 0.104. The minimum atomic E-state index is 0.104. The number of rotatable bonds is 6. The number of benzene rings is 2. The Morgan fingerprint density at radius 1 is 1.00 bits per heavy atom. The zero-order valence-electron chi connectivity index (χ0n) is 16.1. The van der Waals surface area contributed by atoms with Crippen molar-refractivity contribution in [2.45, 2.75) is 5.16 Å². The molecule has 2 heterocycles. The molecule has 0 aliphatic carbocycles. The standard InChI is InChI=1S/C20H22N6O2S/c1-28-18-9-7-17(8-10-18)26-20(21-22-23-26)29-15-19(27)25-13-11-24(12-14-25)16-5-3-2-4-6-16/h2-10H,11-15H2,1H3. The van der Waals surface area contributed by atoms with Crippen LogP contribution in [0.4, 0.5) is 5.69 Å². The minimum Gasteiger partial charge on any atom is -0.497 e. The lowest BCUT2D eigenvalue weighted by atomic mass is 10.2. The second-order valence-corrected chi connectivity index (χ2v) is 7.51. The quantitative estimate of drug-likeness (QED) is 0.576. The molecule has 0 saturated carbocycles. The fourth-order valence-corrected chi connectivity index (χ4v) is 4.02. The average Bonchev–Trinajstić information content (AvgIpc) is 3.27. The molecule has 150 valence electrons. The molecule has 3 aromatic rings. The Hall–Kier alpha value is -3.07. The zero-order valence-corrected chi connectivity index (χ0v) is 17.0. The third kappa shape index (κ3) is 4.51. The molecule has 0 N–H and O–H groups in total. The average molecular weight is 411 g/mol. The molecule has 1 aliphatic heterocycles. The number of carbonyl (C=O) groups excluding carboxylic acids is 1. The van der Waals surface area contributed by atoms with Crippen LogP contribution in [0, 0.1) is 0 Å². The Kier molecular flexibility index (Phi) is 5.95. The number of piperazine rings is 1. The largest absolute Gasteiger partial charge is 0.497 e.